The van der Waals surface area contributed by atoms with Gasteiger partial charge in [-0.25, -0.2) is 0 Å². The van der Waals surface area contributed by atoms with E-state index in [1.807, 2.05) is 24.3 Å². The Balaban J connectivity index is 1.37. The average molecular weight is 473 g/mol. The second-order valence-corrected chi connectivity index (χ2v) is 8.97. The molecule has 0 spiro atoms. The molecule has 5 rings (SSSR count). The van der Waals surface area contributed by atoms with Gasteiger partial charge in [0.15, 0.2) is 11.5 Å². The van der Waals surface area contributed by atoms with Crippen LogP contribution in [-0.2, 0) is 6.54 Å². The van der Waals surface area contributed by atoms with Crippen molar-refractivity contribution in [2.24, 2.45) is 5.92 Å². The third kappa shape index (κ3) is 5.21. The van der Waals surface area contributed by atoms with Gasteiger partial charge in [0.05, 0.1) is 5.56 Å². The van der Waals surface area contributed by atoms with E-state index in [0.29, 0.717) is 40.8 Å². The topological polar surface area (TPSA) is 92.8 Å². The molecule has 1 aromatic heterocycles. The fraction of sp³-hybridized carbons (Fsp3) is 0.296. The highest BCUT2D eigenvalue weighted by Gasteiger charge is 2.22. The summed E-state index contributed by atoms with van der Waals surface area (Å²) < 4.78 is 10.7. The fourth-order valence-electron chi connectivity index (χ4n) is 4.34. The molecule has 2 aliphatic rings. The SMILES string of the molecule is CC1CCN(c2ccc(NC(=O)c3ccc4c(c3)OCO4)cc2C(=O)NCc2cccnc2)CC1. The molecule has 2 aromatic carbocycles. The number of carbonyl (C=O) groups is 2. The normalized spacial score (nSPS) is 15.1. The molecule has 35 heavy (non-hydrogen) atoms. The molecule has 0 atom stereocenters. The van der Waals surface area contributed by atoms with E-state index in [-0.39, 0.29) is 18.6 Å². The molecule has 3 aromatic rings. The van der Waals surface area contributed by atoms with Crippen LogP contribution in [0, 0.1) is 5.92 Å². The van der Waals surface area contributed by atoms with Crippen molar-refractivity contribution >= 4 is 23.2 Å². The van der Waals surface area contributed by atoms with Gasteiger partial charge in [-0.3, -0.25) is 14.6 Å². The van der Waals surface area contributed by atoms with E-state index >= 15 is 0 Å². The molecular weight excluding hydrogens is 444 g/mol. The lowest BCUT2D eigenvalue weighted by atomic mass is 9.97. The largest absolute Gasteiger partial charge is 0.454 e. The highest BCUT2D eigenvalue weighted by atomic mass is 16.7. The Bertz CT molecular complexity index is 1220. The van der Waals surface area contributed by atoms with Crippen molar-refractivity contribution in [2.75, 3.05) is 30.1 Å². The van der Waals surface area contributed by atoms with Gasteiger partial charge in [-0.05, 0) is 66.8 Å². The number of pyridine rings is 1. The third-order valence-electron chi connectivity index (χ3n) is 6.43. The predicted molar refractivity (Wildman–Crippen MR) is 133 cm³/mol. The minimum Gasteiger partial charge on any atom is -0.454 e. The number of nitrogens with one attached hydrogen (secondary N) is 2. The second-order valence-electron chi connectivity index (χ2n) is 8.97. The maximum absolute atomic E-state index is 13.3. The molecule has 0 bridgehead atoms. The highest BCUT2D eigenvalue weighted by Crippen LogP contribution is 2.33. The Morgan fingerprint density at radius 1 is 1.03 bits per heavy atom. The van der Waals surface area contributed by atoms with Crippen LogP contribution in [0.25, 0.3) is 0 Å². The summed E-state index contributed by atoms with van der Waals surface area (Å²) in [6, 6.07) is 14.3. The molecular formula is C27H28N4O4. The summed E-state index contributed by atoms with van der Waals surface area (Å²) >= 11 is 0. The molecule has 3 heterocycles. The molecule has 0 aliphatic carbocycles. The first-order valence-corrected chi connectivity index (χ1v) is 11.8. The number of fused-ring (bicyclic) bond motifs is 1. The van der Waals surface area contributed by atoms with Gasteiger partial charge in [0, 0.05) is 49.0 Å². The number of nitrogens with zero attached hydrogens (tertiary/aromatic N) is 2. The summed E-state index contributed by atoms with van der Waals surface area (Å²) in [7, 11) is 0. The molecule has 1 fully saturated rings. The van der Waals surface area contributed by atoms with Crippen molar-refractivity contribution in [3.63, 3.8) is 0 Å². The summed E-state index contributed by atoms with van der Waals surface area (Å²) in [5, 5.41) is 5.91. The quantitative estimate of drug-likeness (QED) is 0.558. The van der Waals surface area contributed by atoms with Crippen LogP contribution in [0.1, 0.15) is 46.0 Å². The molecule has 0 unspecified atom stereocenters. The van der Waals surface area contributed by atoms with Gasteiger partial charge in [0.25, 0.3) is 11.8 Å². The van der Waals surface area contributed by atoms with Crippen molar-refractivity contribution in [2.45, 2.75) is 26.3 Å². The number of anilines is 2. The maximum Gasteiger partial charge on any atom is 0.255 e. The zero-order valence-electron chi connectivity index (χ0n) is 19.6. The summed E-state index contributed by atoms with van der Waals surface area (Å²) in [6.45, 7) is 4.57. The van der Waals surface area contributed by atoms with Crippen molar-refractivity contribution in [1.29, 1.82) is 0 Å². The van der Waals surface area contributed by atoms with Gasteiger partial charge < -0.3 is 25.0 Å². The van der Waals surface area contributed by atoms with Gasteiger partial charge in [0.1, 0.15) is 0 Å². The van der Waals surface area contributed by atoms with Gasteiger partial charge in [-0.2, -0.15) is 0 Å². The van der Waals surface area contributed by atoms with E-state index < -0.39 is 0 Å². The van der Waals surface area contributed by atoms with Gasteiger partial charge in [-0.1, -0.05) is 13.0 Å². The van der Waals surface area contributed by atoms with Crippen LogP contribution in [0.4, 0.5) is 11.4 Å². The van der Waals surface area contributed by atoms with Crippen molar-refractivity contribution < 1.29 is 19.1 Å². The standard InChI is InChI=1S/C27H28N4O4/c1-18-8-11-31(12-9-18)23-6-5-21(14-22(23)27(33)29-16-19-3-2-10-28-15-19)30-26(32)20-4-7-24-25(13-20)35-17-34-24/h2-7,10,13-15,18H,8-9,11-12,16-17H2,1H3,(H,29,33)(H,30,32). The van der Waals surface area contributed by atoms with Crippen LogP contribution < -0.4 is 25.0 Å². The lowest BCUT2D eigenvalue weighted by Crippen LogP contribution is -2.35. The number of hydrogen-bond acceptors (Lipinski definition) is 6. The van der Waals surface area contributed by atoms with E-state index in [2.05, 4.69) is 27.4 Å². The molecule has 1 saturated heterocycles. The van der Waals surface area contributed by atoms with Gasteiger partial charge >= 0.3 is 0 Å². The van der Waals surface area contributed by atoms with E-state index in [9.17, 15) is 9.59 Å². The highest BCUT2D eigenvalue weighted by molar-refractivity contribution is 6.06. The predicted octanol–water partition coefficient (Wildman–Crippen LogP) is 4.23. The van der Waals surface area contributed by atoms with Crippen LogP contribution in [0.3, 0.4) is 0 Å². The molecule has 2 amide bonds. The number of aromatic nitrogens is 1. The smallest absolute Gasteiger partial charge is 0.255 e. The number of hydrogen-bond donors (Lipinski definition) is 2. The zero-order valence-corrected chi connectivity index (χ0v) is 19.6. The van der Waals surface area contributed by atoms with Crippen LogP contribution in [0.5, 0.6) is 11.5 Å². The molecule has 180 valence electrons. The van der Waals surface area contributed by atoms with Crippen LogP contribution >= 0.6 is 0 Å². The second kappa shape index (κ2) is 10.0. The minimum atomic E-state index is -0.287. The number of piperidine rings is 1. The fourth-order valence-corrected chi connectivity index (χ4v) is 4.34. The summed E-state index contributed by atoms with van der Waals surface area (Å²) in [5.74, 6) is 1.36. The molecule has 0 saturated carbocycles. The lowest BCUT2D eigenvalue weighted by molar-refractivity contribution is 0.0950. The van der Waals surface area contributed by atoms with Crippen molar-refractivity contribution in [3.8, 4) is 11.5 Å². The van der Waals surface area contributed by atoms with E-state index in [1.54, 1.807) is 36.7 Å². The van der Waals surface area contributed by atoms with E-state index in [1.165, 1.54) is 0 Å². The number of benzene rings is 2. The summed E-state index contributed by atoms with van der Waals surface area (Å²) in [5.41, 5.74) is 3.33. The Labute approximate surface area is 204 Å². The molecule has 8 heteroatoms. The van der Waals surface area contributed by atoms with Crippen LogP contribution in [0.15, 0.2) is 60.9 Å². The minimum absolute atomic E-state index is 0.147. The number of carbonyl (C=O) groups excluding carboxylic acids is 2. The third-order valence-corrected chi connectivity index (χ3v) is 6.43. The average Bonchev–Trinajstić information content (AvgIpc) is 3.36. The summed E-state index contributed by atoms with van der Waals surface area (Å²) in [6.07, 6.45) is 5.60. The summed E-state index contributed by atoms with van der Waals surface area (Å²) in [4.78, 5) is 32.5. The molecule has 2 aliphatic heterocycles. The zero-order chi connectivity index (χ0) is 24.2. The Morgan fingerprint density at radius 2 is 1.86 bits per heavy atom. The first-order chi connectivity index (χ1) is 17.1. The van der Waals surface area contributed by atoms with Gasteiger partial charge in [-0.15, -0.1) is 0 Å². The van der Waals surface area contributed by atoms with Crippen LogP contribution in [0.2, 0.25) is 0 Å². The van der Waals surface area contributed by atoms with Crippen molar-refractivity contribution in [1.82, 2.24) is 10.3 Å². The maximum atomic E-state index is 13.3. The Kier molecular flexibility index (Phi) is 6.52. The number of ether oxygens (including phenoxy) is 2. The number of rotatable bonds is 6. The first-order valence-electron chi connectivity index (χ1n) is 11.8. The van der Waals surface area contributed by atoms with E-state index in [4.69, 9.17) is 9.47 Å². The lowest BCUT2D eigenvalue weighted by Gasteiger charge is -2.33. The monoisotopic (exact) mass is 472 g/mol. The molecule has 0 radical (unpaired) electrons. The first kappa shape index (κ1) is 22.7. The number of amides is 2. The van der Waals surface area contributed by atoms with Crippen LogP contribution in [-0.4, -0.2) is 36.7 Å². The van der Waals surface area contributed by atoms with Crippen molar-refractivity contribution in [3.05, 3.63) is 77.6 Å². The van der Waals surface area contributed by atoms with Gasteiger partial charge in [0.2, 0.25) is 6.79 Å². The molecule has 2 N–H and O–H groups in total. The molecule has 8 nitrogen and oxygen atoms in total. The van der Waals surface area contributed by atoms with E-state index in [0.717, 1.165) is 37.2 Å². The Hall–Kier alpha value is -4.07. The Morgan fingerprint density at radius 3 is 2.66 bits per heavy atom.